The molecule has 1 saturated heterocycles. The highest BCUT2D eigenvalue weighted by atomic mass is 32.3. The Balaban J connectivity index is 1.75. The molecule has 2 nitrogen and oxygen atoms in total. The number of benzene rings is 2. The van der Waals surface area contributed by atoms with E-state index in [-0.39, 0.29) is 10.0 Å². The zero-order chi connectivity index (χ0) is 22.9. The fourth-order valence-corrected chi connectivity index (χ4v) is 6.71. The molecule has 4 rings (SSSR count). The van der Waals surface area contributed by atoms with Gasteiger partial charge in [0.05, 0.1) is 5.69 Å². The van der Waals surface area contributed by atoms with Crippen LogP contribution in [0.3, 0.4) is 0 Å². The molecule has 0 N–H and O–H groups in total. The molecule has 32 heavy (non-hydrogen) atoms. The smallest absolute Gasteiger partial charge is 0.0576 e. The van der Waals surface area contributed by atoms with E-state index < -0.39 is 0 Å². The van der Waals surface area contributed by atoms with Crippen molar-refractivity contribution >= 4 is 21.8 Å². The Morgan fingerprint density at radius 1 is 0.938 bits per heavy atom. The molecule has 0 unspecified atom stereocenters. The van der Waals surface area contributed by atoms with Gasteiger partial charge in [-0.05, 0) is 90.1 Å². The minimum absolute atomic E-state index is 0.384. The normalized spacial score (nSPS) is 17.6. The largest absolute Gasteiger partial charge is 0.314 e. The molecule has 0 saturated carbocycles. The van der Waals surface area contributed by atoms with Crippen molar-refractivity contribution in [2.75, 3.05) is 43.4 Å². The second kappa shape index (κ2) is 9.70. The molecule has 0 bridgehead atoms. The minimum atomic E-state index is -0.384. The van der Waals surface area contributed by atoms with E-state index in [9.17, 15) is 0 Å². The zero-order valence-corrected chi connectivity index (χ0v) is 22.2. The van der Waals surface area contributed by atoms with E-state index in [0.717, 1.165) is 6.54 Å². The average molecular weight is 467 g/mol. The van der Waals surface area contributed by atoms with E-state index in [1.807, 2.05) is 0 Å². The Bertz CT molecular complexity index is 1040. The Kier molecular flexibility index (Phi) is 7.14. The van der Waals surface area contributed by atoms with Gasteiger partial charge in [0.2, 0.25) is 0 Å². The van der Waals surface area contributed by atoms with Gasteiger partial charge >= 0.3 is 0 Å². The third-order valence-corrected chi connectivity index (χ3v) is 10.1. The summed E-state index contributed by atoms with van der Waals surface area (Å²) in [6.07, 6.45) is 7.12. The molecule has 0 radical (unpaired) electrons. The van der Waals surface area contributed by atoms with Crippen molar-refractivity contribution in [1.29, 1.82) is 0 Å². The second-order valence-corrected chi connectivity index (χ2v) is 15.2. The lowest BCUT2D eigenvalue weighted by atomic mass is 10.0. The van der Waals surface area contributed by atoms with Gasteiger partial charge in [0, 0.05) is 35.9 Å². The lowest BCUT2D eigenvalue weighted by Gasteiger charge is -2.41. The van der Waals surface area contributed by atoms with Crippen LogP contribution in [-0.2, 0) is 6.54 Å². The Morgan fingerprint density at radius 2 is 1.56 bits per heavy atom. The average Bonchev–Trinajstić information content (AvgIpc) is 3.10. The predicted molar refractivity (Wildman–Crippen MR) is 146 cm³/mol. The first kappa shape index (κ1) is 23.5. The first-order chi connectivity index (χ1) is 15.3. The molecule has 0 amide bonds. The molecule has 0 atom stereocenters. The van der Waals surface area contributed by atoms with Crippen molar-refractivity contribution in [3.63, 3.8) is 0 Å². The van der Waals surface area contributed by atoms with Gasteiger partial charge in [0.15, 0.2) is 0 Å². The first-order valence-corrected chi connectivity index (χ1v) is 15.7. The van der Waals surface area contributed by atoms with Crippen LogP contribution in [0.5, 0.6) is 0 Å². The molecule has 3 aromatic rings. The van der Waals surface area contributed by atoms with Gasteiger partial charge in [-0.15, -0.1) is 11.8 Å². The monoisotopic (exact) mass is 466 g/mol. The van der Waals surface area contributed by atoms with Crippen LogP contribution in [0.2, 0.25) is 0 Å². The number of rotatable bonds is 6. The highest BCUT2D eigenvalue weighted by Gasteiger charge is 2.24. The van der Waals surface area contributed by atoms with Crippen LogP contribution >= 0.6 is 21.8 Å². The fourth-order valence-electron chi connectivity index (χ4n) is 4.60. The summed E-state index contributed by atoms with van der Waals surface area (Å²) in [6.45, 7) is 10.2. The summed E-state index contributed by atoms with van der Waals surface area (Å²) in [7, 11) is -0.384. The summed E-state index contributed by atoms with van der Waals surface area (Å²) in [4.78, 5) is 3.98. The van der Waals surface area contributed by atoms with Crippen LogP contribution in [0, 0.1) is 6.92 Å². The lowest BCUT2D eigenvalue weighted by molar-refractivity contribution is 0.293. The number of hydrogen-bond donors (Lipinski definition) is 0. The summed E-state index contributed by atoms with van der Waals surface area (Å²) in [5, 5.41) is 0. The third kappa shape index (κ3) is 5.13. The zero-order valence-electron chi connectivity index (χ0n) is 20.5. The fraction of sp³-hybridized carbons (Fsp3) is 0.429. The molecule has 0 spiro atoms. The van der Waals surface area contributed by atoms with Crippen LogP contribution < -0.4 is 0 Å². The summed E-state index contributed by atoms with van der Waals surface area (Å²) >= 11 is 1.80. The van der Waals surface area contributed by atoms with Crippen LogP contribution in [-0.4, -0.2) is 52.8 Å². The summed E-state index contributed by atoms with van der Waals surface area (Å²) in [5.41, 5.74) is 8.06. The summed E-state index contributed by atoms with van der Waals surface area (Å²) < 4.78 is 2.46. The quantitative estimate of drug-likeness (QED) is 0.356. The molecular formula is C28H38N2S2. The molecule has 1 fully saturated rings. The molecule has 2 aromatic carbocycles. The first-order valence-electron chi connectivity index (χ1n) is 11.6. The van der Waals surface area contributed by atoms with E-state index in [2.05, 4.69) is 104 Å². The maximum absolute atomic E-state index is 2.67. The SMILES string of the molecule is CSc1ccc(-c2c(CN3CCS(C)(C)CC3)cc(C)n2-c2ccc(C(C)C)cc2)cc1. The molecule has 172 valence electrons. The molecule has 1 aliphatic rings. The van der Waals surface area contributed by atoms with Crippen molar-refractivity contribution < 1.29 is 0 Å². The Hall–Kier alpha value is -1.62. The van der Waals surface area contributed by atoms with Crippen molar-refractivity contribution in [1.82, 2.24) is 9.47 Å². The lowest BCUT2D eigenvalue weighted by Crippen LogP contribution is -2.37. The number of hydrogen-bond acceptors (Lipinski definition) is 2. The van der Waals surface area contributed by atoms with Gasteiger partial charge < -0.3 is 4.57 Å². The van der Waals surface area contributed by atoms with Gasteiger partial charge in [0.1, 0.15) is 0 Å². The maximum Gasteiger partial charge on any atom is 0.0576 e. The second-order valence-electron chi connectivity index (χ2n) is 9.92. The van der Waals surface area contributed by atoms with Gasteiger partial charge in [-0.3, -0.25) is 4.90 Å². The van der Waals surface area contributed by atoms with Crippen LogP contribution in [0.15, 0.2) is 59.5 Å². The summed E-state index contributed by atoms with van der Waals surface area (Å²) in [5.74, 6) is 3.27. The van der Waals surface area contributed by atoms with Crippen LogP contribution in [0.25, 0.3) is 16.9 Å². The van der Waals surface area contributed by atoms with Gasteiger partial charge in [-0.2, -0.15) is 0 Å². The van der Waals surface area contributed by atoms with Crippen LogP contribution in [0.4, 0.5) is 0 Å². The van der Waals surface area contributed by atoms with E-state index in [1.165, 1.54) is 63.3 Å². The molecule has 2 heterocycles. The number of nitrogens with zero attached hydrogens (tertiary/aromatic N) is 2. The predicted octanol–water partition coefficient (Wildman–Crippen LogP) is 7.18. The van der Waals surface area contributed by atoms with Crippen molar-refractivity contribution in [2.24, 2.45) is 0 Å². The van der Waals surface area contributed by atoms with Crippen molar-refractivity contribution in [3.05, 3.63) is 71.4 Å². The molecule has 1 aromatic heterocycles. The Labute approximate surface area is 200 Å². The number of aryl methyl sites for hydroxylation is 1. The van der Waals surface area contributed by atoms with E-state index in [1.54, 1.807) is 11.8 Å². The van der Waals surface area contributed by atoms with Crippen LogP contribution in [0.1, 0.15) is 36.6 Å². The summed E-state index contributed by atoms with van der Waals surface area (Å²) in [6, 6.07) is 20.7. The molecular weight excluding hydrogens is 428 g/mol. The molecule has 0 aliphatic carbocycles. The number of aromatic nitrogens is 1. The van der Waals surface area contributed by atoms with E-state index in [4.69, 9.17) is 0 Å². The highest BCUT2D eigenvalue weighted by Crippen LogP contribution is 2.42. The minimum Gasteiger partial charge on any atom is -0.314 e. The maximum atomic E-state index is 2.67. The van der Waals surface area contributed by atoms with Gasteiger partial charge in [0.25, 0.3) is 0 Å². The van der Waals surface area contributed by atoms with Gasteiger partial charge in [-0.1, -0.05) is 38.1 Å². The molecule has 1 aliphatic heterocycles. The standard InChI is InChI=1S/C28H38N2S2/c1-21(2)23-7-11-26(12-8-23)30-22(3)19-25(20-29-15-17-32(5,6)18-16-29)28(30)24-9-13-27(31-4)14-10-24/h7-14,19,21H,15-18,20H2,1-6H3. The Morgan fingerprint density at radius 3 is 2.12 bits per heavy atom. The van der Waals surface area contributed by atoms with E-state index >= 15 is 0 Å². The van der Waals surface area contributed by atoms with Crippen molar-refractivity contribution in [3.8, 4) is 16.9 Å². The number of thioether (sulfide) groups is 1. The topological polar surface area (TPSA) is 8.17 Å². The van der Waals surface area contributed by atoms with Gasteiger partial charge in [-0.25, -0.2) is 10.0 Å². The van der Waals surface area contributed by atoms with E-state index in [0.29, 0.717) is 5.92 Å². The third-order valence-electron chi connectivity index (χ3n) is 6.76. The van der Waals surface area contributed by atoms with Crippen molar-refractivity contribution in [2.45, 2.75) is 38.1 Å². The highest BCUT2D eigenvalue weighted by molar-refractivity contribution is 8.32. The molecule has 4 heteroatoms.